The number of amides is 1. The van der Waals surface area contributed by atoms with E-state index in [1.54, 1.807) is 18.2 Å². The lowest BCUT2D eigenvalue weighted by atomic mass is 10.00. The third-order valence-corrected chi connectivity index (χ3v) is 4.33. The second-order valence-corrected chi connectivity index (χ2v) is 5.73. The van der Waals surface area contributed by atoms with E-state index >= 15 is 0 Å². The van der Waals surface area contributed by atoms with Crippen LogP contribution in [0.4, 0.5) is 0 Å². The summed E-state index contributed by atoms with van der Waals surface area (Å²) in [5.74, 6) is -0.680. The second-order valence-electron chi connectivity index (χ2n) is 5.73. The van der Waals surface area contributed by atoms with Gasteiger partial charge in [0, 0.05) is 12.6 Å². The van der Waals surface area contributed by atoms with Crippen LogP contribution in [0, 0.1) is 0 Å². The number of esters is 1. The van der Waals surface area contributed by atoms with Gasteiger partial charge in [-0.25, -0.2) is 9.78 Å². The molecule has 6 nitrogen and oxygen atoms in total. The summed E-state index contributed by atoms with van der Waals surface area (Å²) in [4.78, 5) is 30.4. The van der Waals surface area contributed by atoms with Gasteiger partial charge in [0.05, 0.1) is 5.56 Å². The maximum Gasteiger partial charge on any atom is 0.340 e. The second kappa shape index (κ2) is 6.81. The Bertz CT molecular complexity index is 709. The Morgan fingerprint density at radius 2 is 2.26 bits per heavy atom. The van der Waals surface area contributed by atoms with E-state index in [0.29, 0.717) is 16.7 Å². The lowest BCUT2D eigenvalue weighted by Gasteiger charge is -2.35. The van der Waals surface area contributed by atoms with Crippen LogP contribution >= 0.6 is 0 Å². The number of carbonyl (C=O) groups is 2. The minimum atomic E-state index is -0.553. The zero-order valence-corrected chi connectivity index (χ0v) is 13.2. The highest BCUT2D eigenvalue weighted by atomic mass is 16.5. The molecule has 23 heavy (non-hydrogen) atoms. The Labute approximate surface area is 134 Å². The molecule has 2 aromatic rings. The number of rotatable bonds is 4. The number of para-hydroxylation sites is 1. The van der Waals surface area contributed by atoms with Gasteiger partial charge in [0.25, 0.3) is 5.91 Å². The minimum absolute atomic E-state index is 0.128. The molecule has 0 N–H and O–H groups in total. The largest absolute Gasteiger partial charge is 0.452 e. The highest BCUT2D eigenvalue weighted by molar-refractivity contribution is 6.01. The van der Waals surface area contributed by atoms with Gasteiger partial charge < -0.3 is 14.1 Å². The molecule has 1 amide bonds. The molecular formula is C17H20N2O4. The molecule has 1 aliphatic heterocycles. The molecule has 0 saturated carbocycles. The molecule has 6 heteroatoms. The van der Waals surface area contributed by atoms with Gasteiger partial charge in [0.2, 0.25) is 0 Å². The molecular weight excluding hydrogens is 296 g/mol. The summed E-state index contributed by atoms with van der Waals surface area (Å²) in [5, 5.41) is 0. The number of carbonyl (C=O) groups excluding carboxylic acids is 2. The van der Waals surface area contributed by atoms with Crippen molar-refractivity contribution in [1.29, 1.82) is 0 Å². The molecule has 3 rings (SSSR count). The number of likely N-dealkylation sites (tertiary alicyclic amines) is 1. The van der Waals surface area contributed by atoms with Crippen LogP contribution in [0.1, 0.15) is 43.0 Å². The Hall–Kier alpha value is -2.37. The van der Waals surface area contributed by atoms with E-state index < -0.39 is 5.97 Å². The lowest BCUT2D eigenvalue weighted by Crippen LogP contribution is -2.45. The van der Waals surface area contributed by atoms with Crippen molar-refractivity contribution < 1.29 is 18.7 Å². The number of ether oxygens (including phenoxy) is 1. The fourth-order valence-electron chi connectivity index (χ4n) is 3.09. The first kappa shape index (κ1) is 15.5. The number of oxazole rings is 1. The van der Waals surface area contributed by atoms with Crippen LogP contribution in [-0.2, 0) is 9.53 Å². The van der Waals surface area contributed by atoms with Gasteiger partial charge in [-0.3, -0.25) is 4.79 Å². The van der Waals surface area contributed by atoms with E-state index in [-0.39, 0.29) is 18.6 Å². The number of hydrogen-bond acceptors (Lipinski definition) is 5. The van der Waals surface area contributed by atoms with Crippen LogP contribution in [0.5, 0.6) is 0 Å². The molecule has 1 atom stereocenters. The Morgan fingerprint density at radius 3 is 3.09 bits per heavy atom. The van der Waals surface area contributed by atoms with Crippen molar-refractivity contribution in [2.75, 3.05) is 13.2 Å². The van der Waals surface area contributed by atoms with Gasteiger partial charge in [0.1, 0.15) is 5.52 Å². The average Bonchev–Trinajstić information content (AvgIpc) is 3.07. The van der Waals surface area contributed by atoms with Gasteiger partial charge in [-0.15, -0.1) is 0 Å². The summed E-state index contributed by atoms with van der Waals surface area (Å²) in [7, 11) is 0. The van der Waals surface area contributed by atoms with Crippen LogP contribution in [0.15, 0.2) is 29.0 Å². The van der Waals surface area contributed by atoms with Crippen molar-refractivity contribution in [2.45, 2.75) is 38.6 Å². The number of aromatic nitrogens is 1. The number of hydrogen-bond donors (Lipinski definition) is 0. The van der Waals surface area contributed by atoms with Gasteiger partial charge in [-0.05, 0) is 37.8 Å². The quantitative estimate of drug-likeness (QED) is 0.811. The predicted octanol–water partition coefficient (Wildman–Crippen LogP) is 2.78. The Morgan fingerprint density at radius 1 is 1.39 bits per heavy atom. The van der Waals surface area contributed by atoms with Crippen LogP contribution in [0.3, 0.4) is 0 Å². The summed E-state index contributed by atoms with van der Waals surface area (Å²) in [6.45, 7) is 2.59. The lowest BCUT2D eigenvalue weighted by molar-refractivity contribution is -0.138. The first-order chi connectivity index (χ1) is 11.2. The Kier molecular flexibility index (Phi) is 4.60. The van der Waals surface area contributed by atoms with Crippen LogP contribution in [-0.4, -0.2) is 41.0 Å². The van der Waals surface area contributed by atoms with Gasteiger partial charge >= 0.3 is 5.97 Å². The minimum Gasteiger partial charge on any atom is -0.452 e. The molecule has 0 aliphatic carbocycles. The predicted molar refractivity (Wildman–Crippen MR) is 83.9 cm³/mol. The van der Waals surface area contributed by atoms with Crippen molar-refractivity contribution in [2.24, 2.45) is 0 Å². The monoisotopic (exact) mass is 316 g/mol. The fraction of sp³-hybridized carbons (Fsp3) is 0.471. The molecule has 0 radical (unpaired) electrons. The molecule has 1 aromatic heterocycles. The SMILES string of the molecule is CCC1CCCCN1C(=O)COC(=O)c1cccc2ocnc12. The summed E-state index contributed by atoms with van der Waals surface area (Å²) in [6, 6.07) is 5.30. The summed E-state index contributed by atoms with van der Waals surface area (Å²) in [6.07, 6.45) is 5.39. The van der Waals surface area contributed by atoms with Gasteiger partial charge in [0.15, 0.2) is 18.6 Å². The van der Waals surface area contributed by atoms with E-state index in [2.05, 4.69) is 11.9 Å². The van der Waals surface area contributed by atoms with Crippen molar-refractivity contribution in [1.82, 2.24) is 9.88 Å². The van der Waals surface area contributed by atoms with Crippen molar-refractivity contribution in [3.05, 3.63) is 30.2 Å². The molecule has 2 heterocycles. The molecule has 122 valence electrons. The van der Waals surface area contributed by atoms with Crippen LogP contribution in [0.2, 0.25) is 0 Å². The normalized spacial score (nSPS) is 18.1. The molecule has 0 spiro atoms. The molecule has 1 aromatic carbocycles. The average molecular weight is 316 g/mol. The summed E-state index contributed by atoms with van der Waals surface area (Å²) in [5.41, 5.74) is 1.29. The van der Waals surface area contributed by atoms with E-state index in [1.165, 1.54) is 6.39 Å². The maximum atomic E-state index is 12.3. The Balaban J connectivity index is 1.64. The first-order valence-corrected chi connectivity index (χ1v) is 7.99. The van der Waals surface area contributed by atoms with E-state index in [0.717, 1.165) is 32.2 Å². The van der Waals surface area contributed by atoms with Crippen LogP contribution < -0.4 is 0 Å². The number of piperidine rings is 1. The third kappa shape index (κ3) is 3.21. The molecule has 1 unspecified atom stereocenters. The molecule has 1 aliphatic rings. The highest BCUT2D eigenvalue weighted by Gasteiger charge is 2.26. The first-order valence-electron chi connectivity index (χ1n) is 7.99. The van der Waals surface area contributed by atoms with Crippen molar-refractivity contribution >= 4 is 23.0 Å². The molecule has 1 fully saturated rings. The smallest absolute Gasteiger partial charge is 0.340 e. The van der Waals surface area contributed by atoms with Gasteiger partial charge in [-0.1, -0.05) is 13.0 Å². The standard InChI is InChI=1S/C17H20N2O4/c1-2-12-6-3-4-9-19(12)15(20)10-22-17(21)13-7-5-8-14-16(13)18-11-23-14/h5,7-8,11-12H,2-4,6,9-10H2,1H3. The zero-order chi connectivity index (χ0) is 16.2. The summed E-state index contributed by atoms with van der Waals surface area (Å²) >= 11 is 0. The zero-order valence-electron chi connectivity index (χ0n) is 13.2. The topological polar surface area (TPSA) is 72.6 Å². The third-order valence-electron chi connectivity index (χ3n) is 4.33. The highest BCUT2D eigenvalue weighted by Crippen LogP contribution is 2.20. The number of fused-ring (bicyclic) bond motifs is 1. The van der Waals surface area contributed by atoms with Crippen LogP contribution in [0.25, 0.3) is 11.1 Å². The molecule has 1 saturated heterocycles. The van der Waals surface area contributed by atoms with Crippen molar-refractivity contribution in [3.8, 4) is 0 Å². The summed E-state index contributed by atoms with van der Waals surface area (Å²) < 4.78 is 10.4. The number of benzene rings is 1. The fourth-order valence-corrected chi connectivity index (χ4v) is 3.09. The maximum absolute atomic E-state index is 12.3. The van der Waals surface area contributed by atoms with E-state index in [4.69, 9.17) is 9.15 Å². The number of nitrogens with zero attached hydrogens (tertiary/aromatic N) is 2. The van der Waals surface area contributed by atoms with E-state index in [1.807, 2.05) is 4.90 Å². The van der Waals surface area contributed by atoms with Crippen molar-refractivity contribution in [3.63, 3.8) is 0 Å². The van der Waals surface area contributed by atoms with E-state index in [9.17, 15) is 9.59 Å². The molecule has 0 bridgehead atoms. The van der Waals surface area contributed by atoms with Gasteiger partial charge in [-0.2, -0.15) is 0 Å².